The number of halogens is 2. The van der Waals surface area contributed by atoms with Crippen LogP contribution in [-0.2, 0) is 10.0 Å². The summed E-state index contributed by atoms with van der Waals surface area (Å²) in [5.74, 6) is -3.63. The van der Waals surface area contributed by atoms with E-state index >= 15 is 0 Å². The molecule has 1 aromatic carbocycles. The molecule has 2 N–H and O–H groups in total. The van der Waals surface area contributed by atoms with Crippen LogP contribution in [0.4, 0.5) is 13.8 Å². The van der Waals surface area contributed by atoms with Crippen LogP contribution in [0.3, 0.4) is 0 Å². The van der Waals surface area contributed by atoms with Crippen molar-refractivity contribution in [1.29, 1.82) is 0 Å². The number of carbonyl (C=O) groups is 1. The smallest absolute Gasteiger partial charge is 0.345 e. The third-order valence-electron chi connectivity index (χ3n) is 2.25. The van der Waals surface area contributed by atoms with Crippen LogP contribution < -0.4 is 4.72 Å². The van der Waals surface area contributed by atoms with Gasteiger partial charge in [0.05, 0.1) is 4.90 Å². The maximum absolute atomic E-state index is 13.0. The number of carboxylic acids is 1. The van der Waals surface area contributed by atoms with E-state index in [9.17, 15) is 22.0 Å². The van der Waals surface area contributed by atoms with Crippen LogP contribution in [0.15, 0.2) is 35.2 Å². The Hall–Kier alpha value is -2.00. The average Bonchev–Trinajstić information content (AvgIpc) is 2.80. The molecule has 1 aromatic heterocycles. The van der Waals surface area contributed by atoms with Crippen LogP contribution >= 0.6 is 11.3 Å². The van der Waals surface area contributed by atoms with Gasteiger partial charge < -0.3 is 5.11 Å². The number of carboxylic acid groups (broad SMARTS) is 1. The van der Waals surface area contributed by atoms with Crippen molar-refractivity contribution in [3.8, 4) is 0 Å². The number of aromatic carboxylic acids is 1. The highest BCUT2D eigenvalue weighted by molar-refractivity contribution is 7.93. The Kier molecular flexibility index (Phi) is 3.73. The van der Waals surface area contributed by atoms with Gasteiger partial charge in [-0.05, 0) is 30.3 Å². The second-order valence-electron chi connectivity index (χ2n) is 3.65. The number of hydrogen-bond donors (Lipinski definition) is 2. The summed E-state index contributed by atoms with van der Waals surface area (Å²) < 4.78 is 51.7. The van der Waals surface area contributed by atoms with Crippen molar-refractivity contribution >= 4 is 32.3 Å². The molecule has 0 aliphatic heterocycles. The highest BCUT2D eigenvalue weighted by Gasteiger charge is 2.18. The van der Waals surface area contributed by atoms with Gasteiger partial charge in [-0.1, -0.05) is 0 Å². The van der Waals surface area contributed by atoms with Crippen molar-refractivity contribution < 1.29 is 27.1 Å². The number of nitrogens with one attached hydrogen (secondary N) is 1. The summed E-state index contributed by atoms with van der Waals surface area (Å²) in [4.78, 5) is 10.2. The molecule has 0 fully saturated rings. The first-order valence-electron chi connectivity index (χ1n) is 5.10. The van der Waals surface area contributed by atoms with Gasteiger partial charge in [0.25, 0.3) is 10.0 Å². The van der Waals surface area contributed by atoms with E-state index in [2.05, 4.69) is 4.72 Å². The lowest BCUT2D eigenvalue weighted by Gasteiger charge is -2.06. The van der Waals surface area contributed by atoms with E-state index in [0.29, 0.717) is 23.5 Å². The lowest BCUT2D eigenvalue weighted by molar-refractivity contribution is 0.0702. The molecule has 1 heterocycles. The minimum absolute atomic E-state index is 0.0482. The van der Waals surface area contributed by atoms with Gasteiger partial charge in [0.2, 0.25) is 0 Å². The van der Waals surface area contributed by atoms with E-state index in [1.165, 1.54) is 12.1 Å². The number of benzene rings is 1. The molecular formula is C11H7F2NO4S2. The molecule has 106 valence electrons. The Bertz CT molecular complexity index is 770. The molecule has 0 atom stereocenters. The number of rotatable bonds is 4. The highest BCUT2D eigenvalue weighted by Crippen LogP contribution is 2.25. The van der Waals surface area contributed by atoms with Gasteiger partial charge in [-0.2, -0.15) is 0 Å². The molecule has 9 heteroatoms. The average molecular weight is 319 g/mol. The lowest BCUT2D eigenvalue weighted by atomic mass is 10.3. The van der Waals surface area contributed by atoms with Crippen molar-refractivity contribution in [3.05, 3.63) is 46.8 Å². The van der Waals surface area contributed by atoms with Crippen molar-refractivity contribution in [3.63, 3.8) is 0 Å². The number of thiophene rings is 1. The Balaban J connectivity index is 2.30. The van der Waals surface area contributed by atoms with E-state index in [1.807, 2.05) is 0 Å². The molecule has 0 saturated heterocycles. The molecule has 0 spiro atoms. The molecule has 0 bridgehead atoms. The van der Waals surface area contributed by atoms with E-state index in [1.54, 1.807) is 0 Å². The van der Waals surface area contributed by atoms with E-state index in [4.69, 9.17) is 5.11 Å². The zero-order valence-electron chi connectivity index (χ0n) is 9.63. The molecule has 0 radical (unpaired) electrons. The van der Waals surface area contributed by atoms with Gasteiger partial charge in [-0.15, -0.1) is 11.3 Å². The molecule has 2 aromatic rings. The molecule has 0 unspecified atom stereocenters. The van der Waals surface area contributed by atoms with Gasteiger partial charge >= 0.3 is 5.97 Å². The lowest BCUT2D eigenvalue weighted by Crippen LogP contribution is -2.12. The molecule has 0 aliphatic rings. The molecule has 2 rings (SSSR count). The Morgan fingerprint density at radius 1 is 1.15 bits per heavy atom. The van der Waals surface area contributed by atoms with Crippen molar-refractivity contribution in [2.24, 2.45) is 0 Å². The second kappa shape index (κ2) is 5.17. The summed E-state index contributed by atoms with van der Waals surface area (Å²) in [5.41, 5.74) is 0. The first-order valence-corrected chi connectivity index (χ1v) is 7.40. The maximum Gasteiger partial charge on any atom is 0.345 e. The summed E-state index contributed by atoms with van der Waals surface area (Å²) in [6.07, 6.45) is 0. The Morgan fingerprint density at radius 3 is 2.40 bits per heavy atom. The predicted molar refractivity (Wildman–Crippen MR) is 68.4 cm³/mol. The fourth-order valence-electron chi connectivity index (χ4n) is 1.34. The van der Waals surface area contributed by atoms with E-state index in [-0.39, 0.29) is 9.88 Å². The van der Waals surface area contributed by atoms with Crippen LogP contribution in [0.25, 0.3) is 0 Å². The molecule has 0 saturated carbocycles. The van der Waals surface area contributed by atoms with Gasteiger partial charge in [-0.3, -0.25) is 4.72 Å². The van der Waals surface area contributed by atoms with Gasteiger partial charge in [-0.25, -0.2) is 22.0 Å². The summed E-state index contributed by atoms with van der Waals surface area (Å²) in [6.45, 7) is 0. The SMILES string of the molecule is O=C(O)c1ccc(NS(=O)(=O)c2ccc(F)c(F)c2)s1. The largest absolute Gasteiger partial charge is 0.477 e. The first-order chi connectivity index (χ1) is 9.29. The first kappa shape index (κ1) is 14.4. The molecule has 5 nitrogen and oxygen atoms in total. The quantitative estimate of drug-likeness (QED) is 0.907. The van der Waals surface area contributed by atoms with Crippen LogP contribution in [0.1, 0.15) is 9.67 Å². The normalized spacial score (nSPS) is 11.3. The van der Waals surface area contributed by atoms with Crippen LogP contribution in [0, 0.1) is 11.6 Å². The summed E-state index contributed by atoms with van der Waals surface area (Å²) in [5, 5.41) is 8.78. The monoisotopic (exact) mass is 319 g/mol. The zero-order valence-corrected chi connectivity index (χ0v) is 11.3. The number of hydrogen-bond acceptors (Lipinski definition) is 4. The standard InChI is InChI=1S/C11H7F2NO4S2/c12-7-2-1-6(5-8(7)13)20(17,18)14-10-4-3-9(19-10)11(15)16/h1-5,14H,(H,15,16). The zero-order chi connectivity index (χ0) is 14.9. The fourth-order valence-corrected chi connectivity index (χ4v) is 3.39. The summed E-state index contributed by atoms with van der Waals surface area (Å²) in [7, 11) is -4.10. The maximum atomic E-state index is 13.0. The van der Waals surface area contributed by atoms with Crippen LogP contribution in [0.2, 0.25) is 0 Å². The van der Waals surface area contributed by atoms with Crippen molar-refractivity contribution in [2.45, 2.75) is 4.90 Å². The Morgan fingerprint density at radius 2 is 1.85 bits per heavy atom. The number of anilines is 1. The highest BCUT2D eigenvalue weighted by atomic mass is 32.2. The minimum atomic E-state index is -4.10. The van der Waals surface area contributed by atoms with Crippen molar-refractivity contribution in [1.82, 2.24) is 0 Å². The third-order valence-corrected chi connectivity index (χ3v) is 4.73. The van der Waals surface area contributed by atoms with Gasteiger partial charge in [0.15, 0.2) is 11.6 Å². The third kappa shape index (κ3) is 2.94. The van der Waals surface area contributed by atoms with E-state index in [0.717, 1.165) is 6.07 Å². The predicted octanol–water partition coefficient (Wildman–Crippen LogP) is 2.53. The van der Waals surface area contributed by atoms with E-state index < -0.39 is 32.5 Å². The molecule has 0 amide bonds. The van der Waals surface area contributed by atoms with Crippen molar-refractivity contribution in [2.75, 3.05) is 4.72 Å². The van der Waals surface area contributed by atoms with Crippen LogP contribution in [-0.4, -0.2) is 19.5 Å². The Labute approximate surface area is 116 Å². The molecular weight excluding hydrogens is 312 g/mol. The second-order valence-corrected chi connectivity index (χ2v) is 6.42. The molecule has 0 aliphatic carbocycles. The minimum Gasteiger partial charge on any atom is -0.477 e. The van der Waals surface area contributed by atoms with Gasteiger partial charge in [0, 0.05) is 0 Å². The fraction of sp³-hybridized carbons (Fsp3) is 0. The topological polar surface area (TPSA) is 83.5 Å². The van der Waals surface area contributed by atoms with Gasteiger partial charge in [0.1, 0.15) is 9.88 Å². The number of sulfonamides is 1. The summed E-state index contributed by atoms with van der Waals surface area (Å²) in [6, 6.07) is 4.65. The van der Waals surface area contributed by atoms with Crippen LogP contribution in [0.5, 0.6) is 0 Å². The molecule has 20 heavy (non-hydrogen) atoms. The summed E-state index contributed by atoms with van der Waals surface area (Å²) >= 11 is 0.712.